The monoisotopic (exact) mass is 350 g/mol. The van der Waals surface area contributed by atoms with Crippen molar-refractivity contribution in [3.63, 3.8) is 0 Å². The van der Waals surface area contributed by atoms with Crippen molar-refractivity contribution in [3.05, 3.63) is 41.0 Å². The number of aromatic nitrogens is 1. The number of anilines is 1. The summed E-state index contributed by atoms with van der Waals surface area (Å²) in [4.78, 5) is 24.9. The van der Waals surface area contributed by atoms with E-state index in [-0.39, 0.29) is 11.6 Å². The van der Waals surface area contributed by atoms with Crippen LogP contribution in [-0.4, -0.2) is 35.3 Å². The summed E-state index contributed by atoms with van der Waals surface area (Å²) in [6.07, 6.45) is 0. The Morgan fingerprint density at radius 3 is 2.74 bits per heavy atom. The van der Waals surface area contributed by atoms with E-state index < -0.39 is 5.91 Å². The van der Waals surface area contributed by atoms with Crippen LogP contribution in [0.5, 0.6) is 0 Å². The highest BCUT2D eigenvalue weighted by Crippen LogP contribution is 2.33. The van der Waals surface area contributed by atoms with Crippen LogP contribution < -0.4 is 11.1 Å². The molecule has 23 heavy (non-hydrogen) atoms. The van der Waals surface area contributed by atoms with E-state index in [2.05, 4.69) is 15.8 Å². The molecule has 0 aliphatic rings. The number of carbonyl (C=O) groups excluding carboxylic acids is 2. The summed E-state index contributed by atoms with van der Waals surface area (Å²) in [6.45, 7) is 2.03. The van der Waals surface area contributed by atoms with Crippen molar-refractivity contribution in [2.45, 2.75) is 17.7 Å². The number of carbonyl (C=O) groups is 2. The highest BCUT2D eigenvalue weighted by molar-refractivity contribution is 7.98. The van der Waals surface area contributed by atoms with Gasteiger partial charge in [0.15, 0.2) is 0 Å². The highest BCUT2D eigenvalue weighted by Gasteiger charge is 2.21. The Hall–Kier alpha value is -2.06. The van der Waals surface area contributed by atoms with E-state index in [1.807, 2.05) is 25.1 Å². The van der Waals surface area contributed by atoms with Gasteiger partial charge in [-0.15, -0.1) is 0 Å². The lowest BCUT2D eigenvalue weighted by Crippen LogP contribution is -2.28. The number of hydrogen-bond acceptors (Lipinski definition) is 5. The van der Waals surface area contributed by atoms with Crippen LogP contribution in [0, 0.1) is 6.92 Å². The number of nitrogens with zero attached hydrogens (tertiary/aromatic N) is 2. The molecule has 0 atom stereocenters. The predicted octanol–water partition coefficient (Wildman–Crippen LogP) is 2.94. The molecule has 0 spiro atoms. The van der Waals surface area contributed by atoms with Crippen molar-refractivity contribution in [2.75, 3.05) is 19.4 Å². The average Bonchev–Trinajstić information content (AvgIpc) is 2.88. The summed E-state index contributed by atoms with van der Waals surface area (Å²) >= 11 is 2.49. The summed E-state index contributed by atoms with van der Waals surface area (Å²) < 4.78 is 4.26. The van der Waals surface area contributed by atoms with Crippen molar-refractivity contribution >= 4 is 40.2 Å². The van der Waals surface area contributed by atoms with E-state index in [0.717, 1.165) is 17.1 Å². The van der Waals surface area contributed by atoms with Crippen molar-refractivity contribution < 1.29 is 9.59 Å². The van der Waals surface area contributed by atoms with Crippen LogP contribution in [0.15, 0.2) is 29.3 Å². The molecule has 1 aromatic heterocycles. The molecule has 3 amide bonds. The molecule has 0 saturated carbocycles. The molecule has 1 aromatic carbocycles. The van der Waals surface area contributed by atoms with E-state index in [0.29, 0.717) is 15.8 Å². The highest BCUT2D eigenvalue weighted by atomic mass is 32.2. The number of hydrogen-bond donors (Lipinski definition) is 2. The third-order valence-electron chi connectivity index (χ3n) is 2.99. The van der Waals surface area contributed by atoms with Gasteiger partial charge in [0.25, 0.3) is 5.91 Å². The fourth-order valence-corrected chi connectivity index (χ4v) is 3.74. The molecule has 0 radical (unpaired) electrons. The van der Waals surface area contributed by atoms with Gasteiger partial charge in [0, 0.05) is 19.8 Å². The van der Waals surface area contributed by atoms with Crippen LogP contribution in [0.2, 0.25) is 0 Å². The maximum atomic E-state index is 11.7. The predicted molar refractivity (Wildman–Crippen MR) is 94.1 cm³/mol. The average molecular weight is 350 g/mol. The number of thioether (sulfide) groups is 1. The van der Waals surface area contributed by atoms with Crippen molar-refractivity contribution in [1.82, 2.24) is 9.27 Å². The standard InChI is InChI=1S/C15H18N4O2S2/c1-9-5-4-6-10(7-9)8-22-14-11(12(16)20)13(23-18-14)17-15(21)19(2)3/h4-7H,8H2,1-3H3,(H2,16,20)(H,17,21). The van der Waals surface area contributed by atoms with Gasteiger partial charge in [-0.05, 0) is 24.0 Å². The Morgan fingerprint density at radius 1 is 1.39 bits per heavy atom. The number of urea groups is 1. The molecular weight excluding hydrogens is 332 g/mol. The SMILES string of the molecule is Cc1cccc(CSc2nsc(NC(=O)N(C)C)c2C(N)=O)c1. The first kappa shape index (κ1) is 17.3. The van der Waals surface area contributed by atoms with Gasteiger partial charge in [0.1, 0.15) is 15.6 Å². The first-order chi connectivity index (χ1) is 10.9. The summed E-state index contributed by atoms with van der Waals surface area (Å²) in [5, 5.41) is 3.57. The molecule has 122 valence electrons. The third kappa shape index (κ3) is 4.46. The lowest BCUT2D eigenvalue weighted by Gasteiger charge is -2.11. The number of primary amides is 1. The van der Waals surface area contributed by atoms with Crippen LogP contribution in [0.1, 0.15) is 21.5 Å². The van der Waals surface area contributed by atoms with Crippen molar-refractivity contribution in [2.24, 2.45) is 5.73 Å². The lowest BCUT2D eigenvalue weighted by atomic mass is 10.2. The summed E-state index contributed by atoms with van der Waals surface area (Å²) in [5.74, 6) is 0.0757. The number of amides is 3. The van der Waals surface area contributed by atoms with Crippen molar-refractivity contribution in [3.8, 4) is 0 Å². The molecule has 0 fully saturated rings. The zero-order valence-electron chi connectivity index (χ0n) is 13.1. The Labute approximate surface area is 143 Å². The summed E-state index contributed by atoms with van der Waals surface area (Å²) in [6, 6.07) is 7.79. The van der Waals surface area contributed by atoms with Gasteiger partial charge in [-0.3, -0.25) is 10.1 Å². The van der Waals surface area contributed by atoms with Gasteiger partial charge in [0.05, 0.1) is 0 Å². The van der Waals surface area contributed by atoms with E-state index >= 15 is 0 Å². The summed E-state index contributed by atoms with van der Waals surface area (Å²) in [7, 11) is 3.24. The second-order valence-electron chi connectivity index (χ2n) is 5.16. The van der Waals surface area contributed by atoms with Crippen LogP contribution in [-0.2, 0) is 5.75 Å². The molecule has 0 bridgehead atoms. The van der Waals surface area contributed by atoms with E-state index in [1.54, 1.807) is 14.1 Å². The zero-order chi connectivity index (χ0) is 17.0. The minimum Gasteiger partial charge on any atom is -0.365 e. The molecule has 0 aliphatic carbocycles. The van der Waals surface area contributed by atoms with Gasteiger partial charge in [-0.2, -0.15) is 4.37 Å². The van der Waals surface area contributed by atoms with Crippen LogP contribution >= 0.6 is 23.3 Å². The molecule has 2 aromatic rings. The van der Waals surface area contributed by atoms with Crippen LogP contribution in [0.4, 0.5) is 9.80 Å². The molecule has 0 saturated heterocycles. The Kier molecular flexibility index (Phi) is 5.62. The first-order valence-corrected chi connectivity index (χ1v) is 8.60. The Balaban J connectivity index is 2.17. The lowest BCUT2D eigenvalue weighted by molar-refractivity contribution is 0.0998. The second kappa shape index (κ2) is 7.47. The quantitative estimate of drug-likeness (QED) is 0.812. The number of aryl methyl sites for hydroxylation is 1. The van der Waals surface area contributed by atoms with Gasteiger partial charge < -0.3 is 10.6 Å². The van der Waals surface area contributed by atoms with Gasteiger partial charge in [-0.25, -0.2) is 4.79 Å². The molecular formula is C15H18N4O2S2. The molecule has 1 heterocycles. The third-order valence-corrected chi connectivity index (χ3v) is 4.92. The van der Waals surface area contributed by atoms with Gasteiger partial charge in [0.2, 0.25) is 0 Å². The number of benzene rings is 1. The molecule has 2 rings (SSSR count). The van der Waals surface area contributed by atoms with E-state index in [4.69, 9.17) is 5.73 Å². The topological polar surface area (TPSA) is 88.3 Å². The van der Waals surface area contributed by atoms with Crippen molar-refractivity contribution in [1.29, 1.82) is 0 Å². The number of rotatable bonds is 5. The molecule has 6 nitrogen and oxygen atoms in total. The number of nitrogens with two attached hydrogens (primary N) is 1. The maximum Gasteiger partial charge on any atom is 0.321 e. The molecule has 0 unspecified atom stereocenters. The van der Waals surface area contributed by atoms with Gasteiger partial charge in [-0.1, -0.05) is 41.6 Å². The number of nitrogens with one attached hydrogen (secondary N) is 1. The summed E-state index contributed by atoms with van der Waals surface area (Å²) in [5.41, 5.74) is 8.03. The largest absolute Gasteiger partial charge is 0.365 e. The maximum absolute atomic E-state index is 11.7. The molecule has 0 aliphatic heterocycles. The zero-order valence-corrected chi connectivity index (χ0v) is 14.8. The fourth-order valence-electron chi connectivity index (χ4n) is 1.84. The Morgan fingerprint density at radius 2 is 2.13 bits per heavy atom. The molecule has 3 N–H and O–H groups in total. The normalized spacial score (nSPS) is 10.4. The van der Waals surface area contributed by atoms with Crippen LogP contribution in [0.25, 0.3) is 0 Å². The minimum atomic E-state index is -0.598. The van der Waals surface area contributed by atoms with Crippen LogP contribution in [0.3, 0.4) is 0 Å². The molecule has 8 heteroatoms. The smallest absolute Gasteiger partial charge is 0.321 e. The van der Waals surface area contributed by atoms with Gasteiger partial charge >= 0.3 is 6.03 Å². The fraction of sp³-hybridized carbons (Fsp3) is 0.267. The second-order valence-corrected chi connectivity index (χ2v) is 6.90. The Bertz CT molecular complexity index is 728. The van der Waals surface area contributed by atoms with E-state index in [1.165, 1.54) is 22.2 Å². The van der Waals surface area contributed by atoms with E-state index in [9.17, 15) is 9.59 Å². The first-order valence-electron chi connectivity index (χ1n) is 6.84. The minimum absolute atomic E-state index is 0.267.